The molecule has 0 saturated carbocycles. The first kappa shape index (κ1) is 7.32. The van der Waals surface area contributed by atoms with Crippen LogP contribution in [0.5, 0.6) is 0 Å². The predicted octanol–water partition coefficient (Wildman–Crippen LogP) is 1.82. The van der Waals surface area contributed by atoms with Crippen molar-refractivity contribution in [2.75, 3.05) is 0 Å². The van der Waals surface area contributed by atoms with E-state index in [9.17, 15) is 4.79 Å². The van der Waals surface area contributed by atoms with Crippen LogP contribution in [0.3, 0.4) is 0 Å². The van der Waals surface area contributed by atoms with Crippen molar-refractivity contribution in [1.82, 2.24) is 0 Å². The summed E-state index contributed by atoms with van der Waals surface area (Å²) in [6.45, 7) is 4.02. The molecule has 0 atom stereocenters. The lowest BCUT2D eigenvalue weighted by Gasteiger charge is -2.23. The first-order chi connectivity index (χ1) is 4.51. The van der Waals surface area contributed by atoms with E-state index < -0.39 is 0 Å². The van der Waals surface area contributed by atoms with Gasteiger partial charge in [-0.3, -0.25) is 4.79 Å². The molecule has 10 heavy (non-hydrogen) atoms. The quantitative estimate of drug-likeness (QED) is 0.557. The van der Waals surface area contributed by atoms with Gasteiger partial charge in [-0.15, -0.1) is 0 Å². The minimum absolute atomic E-state index is 0.00199. The minimum Gasteiger partial charge on any atom is -0.505 e. The van der Waals surface area contributed by atoms with Crippen LogP contribution in [0.25, 0.3) is 0 Å². The van der Waals surface area contributed by atoms with Crippen molar-refractivity contribution < 1.29 is 9.90 Å². The summed E-state index contributed by atoms with van der Waals surface area (Å²) in [6.07, 6.45) is 2.96. The highest BCUT2D eigenvalue weighted by Crippen LogP contribution is 2.30. The summed E-state index contributed by atoms with van der Waals surface area (Å²) in [5.41, 5.74) is -0.00199. The monoisotopic (exact) mass is 140 g/mol. The molecule has 0 heterocycles. The summed E-state index contributed by atoms with van der Waals surface area (Å²) < 4.78 is 0. The number of hydrogen-bond donors (Lipinski definition) is 1. The SMILES string of the molecule is CC1(C)C=C(O)C(=O)CC1. The summed E-state index contributed by atoms with van der Waals surface area (Å²) >= 11 is 0. The molecule has 0 aromatic heterocycles. The Morgan fingerprint density at radius 2 is 2.20 bits per heavy atom. The second-order valence-corrected chi connectivity index (χ2v) is 3.44. The van der Waals surface area contributed by atoms with Crippen LogP contribution < -0.4 is 0 Å². The van der Waals surface area contributed by atoms with Gasteiger partial charge in [0.15, 0.2) is 11.5 Å². The Kier molecular flexibility index (Phi) is 1.55. The van der Waals surface area contributed by atoms with Crippen LogP contribution in [-0.2, 0) is 4.79 Å². The minimum atomic E-state index is -0.126. The molecule has 0 saturated heterocycles. The molecule has 0 fully saturated rings. The molecule has 0 spiro atoms. The molecule has 0 aromatic carbocycles. The number of aliphatic hydroxyl groups excluding tert-OH is 1. The molecular weight excluding hydrogens is 128 g/mol. The fraction of sp³-hybridized carbons (Fsp3) is 0.625. The van der Waals surface area contributed by atoms with Gasteiger partial charge in [0.25, 0.3) is 0 Å². The zero-order valence-electron chi connectivity index (χ0n) is 6.35. The highest BCUT2D eigenvalue weighted by molar-refractivity contribution is 5.93. The number of aliphatic hydroxyl groups is 1. The fourth-order valence-electron chi connectivity index (χ4n) is 1.09. The zero-order valence-corrected chi connectivity index (χ0v) is 6.35. The fourth-order valence-corrected chi connectivity index (χ4v) is 1.09. The van der Waals surface area contributed by atoms with Crippen LogP contribution >= 0.6 is 0 Å². The van der Waals surface area contributed by atoms with E-state index in [1.54, 1.807) is 6.08 Å². The van der Waals surface area contributed by atoms with E-state index in [4.69, 9.17) is 5.11 Å². The van der Waals surface area contributed by atoms with Crippen molar-refractivity contribution >= 4 is 5.78 Å². The topological polar surface area (TPSA) is 37.3 Å². The van der Waals surface area contributed by atoms with Crippen LogP contribution in [0, 0.1) is 5.41 Å². The molecule has 0 amide bonds. The van der Waals surface area contributed by atoms with Gasteiger partial charge in [-0.1, -0.05) is 13.8 Å². The van der Waals surface area contributed by atoms with E-state index in [2.05, 4.69) is 0 Å². The lowest BCUT2D eigenvalue weighted by molar-refractivity contribution is -0.119. The molecule has 1 aliphatic rings. The smallest absolute Gasteiger partial charge is 0.196 e. The summed E-state index contributed by atoms with van der Waals surface area (Å²) in [5, 5.41) is 9.02. The largest absolute Gasteiger partial charge is 0.505 e. The number of Topliss-reactive ketones (excluding diaryl/α,β-unsaturated/α-hetero) is 1. The highest BCUT2D eigenvalue weighted by atomic mass is 16.3. The van der Waals surface area contributed by atoms with Gasteiger partial charge >= 0.3 is 0 Å². The maximum absolute atomic E-state index is 10.8. The molecule has 1 N–H and O–H groups in total. The number of hydrogen-bond acceptors (Lipinski definition) is 2. The van der Waals surface area contributed by atoms with Crippen LogP contribution in [0.4, 0.5) is 0 Å². The number of allylic oxidation sites excluding steroid dienone is 2. The van der Waals surface area contributed by atoms with Crippen molar-refractivity contribution in [1.29, 1.82) is 0 Å². The number of ketones is 1. The van der Waals surface area contributed by atoms with Gasteiger partial charge in [0.05, 0.1) is 0 Å². The number of carbonyl (C=O) groups is 1. The molecule has 0 aliphatic heterocycles. The zero-order chi connectivity index (χ0) is 7.78. The van der Waals surface area contributed by atoms with Crippen molar-refractivity contribution in [3.63, 3.8) is 0 Å². The average Bonchev–Trinajstić information content (AvgIpc) is 1.79. The normalized spacial score (nSPS) is 24.2. The molecule has 0 unspecified atom stereocenters. The van der Waals surface area contributed by atoms with Gasteiger partial charge in [0.1, 0.15) is 0 Å². The number of rotatable bonds is 0. The summed E-state index contributed by atoms with van der Waals surface area (Å²) in [6, 6.07) is 0. The number of carbonyl (C=O) groups excluding carboxylic acids is 1. The first-order valence-corrected chi connectivity index (χ1v) is 3.46. The van der Waals surface area contributed by atoms with Crippen molar-refractivity contribution in [3.05, 3.63) is 11.8 Å². The lowest BCUT2D eigenvalue weighted by atomic mass is 9.82. The van der Waals surface area contributed by atoms with Crippen LogP contribution in [0.15, 0.2) is 11.8 Å². The summed E-state index contributed by atoms with van der Waals surface area (Å²) in [4.78, 5) is 10.8. The van der Waals surface area contributed by atoms with Crippen LogP contribution in [0.1, 0.15) is 26.7 Å². The Balaban J connectivity index is 2.86. The van der Waals surface area contributed by atoms with Crippen LogP contribution in [-0.4, -0.2) is 10.9 Å². The van der Waals surface area contributed by atoms with Gasteiger partial charge < -0.3 is 5.11 Å². The van der Waals surface area contributed by atoms with Gasteiger partial charge in [-0.05, 0) is 17.9 Å². The standard InChI is InChI=1S/C8H12O2/c1-8(2)4-3-6(9)7(10)5-8/h5,10H,3-4H2,1-2H3. The maximum atomic E-state index is 10.8. The Bertz CT molecular complexity index is 189. The molecule has 1 rings (SSSR count). The Labute approximate surface area is 60.6 Å². The Morgan fingerprint density at radius 1 is 1.60 bits per heavy atom. The third-order valence-electron chi connectivity index (χ3n) is 1.81. The lowest BCUT2D eigenvalue weighted by Crippen LogP contribution is -2.19. The predicted molar refractivity (Wildman–Crippen MR) is 38.7 cm³/mol. The molecule has 56 valence electrons. The van der Waals surface area contributed by atoms with E-state index in [1.165, 1.54) is 0 Å². The molecule has 0 aromatic rings. The molecule has 2 nitrogen and oxygen atoms in total. The van der Waals surface area contributed by atoms with Crippen LogP contribution in [0.2, 0.25) is 0 Å². The maximum Gasteiger partial charge on any atom is 0.196 e. The van der Waals surface area contributed by atoms with Gasteiger partial charge in [-0.2, -0.15) is 0 Å². The Morgan fingerprint density at radius 3 is 2.60 bits per heavy atom. The molecule has 1 aliphatic carbocycles. The highest BCUT2D eigenvalue weighted by Gasteiger charge is 2.25. The molecule has 0 radical (unpaired) electrons. The molecular formula is C8H12O2. The van der Waals surface area contributed by atoms with E-state index in [1.807, 2.05) is 13.8 Å². The third kappa shape index (κ3) is 1.38. The van der Waals surface area contributed by atoms with Crippen molar-refractivity contribution in [2.24, 2.45) is 5.41 Å². The van der Waals surface area contributed by atoms with E-state index >= 15 is 0 Å². The van der Waals surface area contributed by atoms with Gasteiger partial charge in [0, 0.05) is 6.42 Å². The second kappa shape index (κ2) is 2.11. The van der Waals surface area contributed by atoms with Crippen molar-refractivity contribution in [2.45, 2.75) is 26.7 Å². The van der Waals surface area contributed by atoms with E-state index in [-0.39, 0.29) is 17.0 Å². The molecule has 0 bridgehead atoms. The average molecular weight is 140 g/mol. The van der Waals surface area contributed by atoms with Crippen molar-refractivity contribution in [3.8, 4) is 0 Å². The summed E-state index contributed by atoms with van der Waals surface area (Å²) in [5.74, 6) is -0.185. The van der Waals surface area contributed by atoms with E-state index in [0.29, 0.717) is 6.42 Å². The second-order valence-electron chi connectivity index (χ2n) is 3.44. The summed E-state index contributed by atoms with van der Waals surface area (Å²) in [7, 11) is 0. The van der Waals surface area contributed by atoms with Gasteiger partial charge in [0.2, 0.25) is 0 Å². The first-order valence-electron chi connectivity index (χ1n) is 3.46. The van der Waals surface area contributed by atoms with Gasteiger partial charge in [-0.25, -0.2) is 0 Å². The van der Waals surface area contributed by atoms with E-state index in [0.717, 1.165) is 6.42 Å². The Hall–Kier alpha value is -0.790. The third-order valence-corrected chi connectivity index (χ3v) is 1.81. The molecule has 2 heteroatoms.